The van der Waals surface area contributed by atoms with Gasteiger partial charge in [-0.05, 0) is 35.1 Å². The van der Waals surface area contributed by atoms with E-state index < -0.39 is 12.9 Å². The van der Waals surface area contributed by atoms with E-state index in [9.17, 15) is 10.0 Å². The second-order valence-corrected chi connectivity index (χ2v) is 8.07. The molecule has 0 aromatic heterocycles. The maximum Gasteiger partial charge on any atom is 0.635 e. The molecule has 0 atom stereocenters. The first-order chi connectivity index (χ1) is 15.2. The summed E-state index contributed by atoms with van der Waals surface area (Å²) in [6.07, 6.45) is 8.74. The number of rotatable bonds is 12. The summed E-state index contributed by atoms with van der Waals surface area (Å²) in [5, 5.41) is 19.7. The lowest BCUT2D eigenvalue weighted by Crippen LogP contribution is -2.39. The molecule has 0 saturated carbocycles. The van der Waals surface area contributed by atoms with Crippen molar-refractivity contribution in [3.05, 3.63) is 107 Å². The van der Waals surface area contributed by atoms with E-state index in [0.717, 1.165) is 23.1 Å². The van der Waals surface area contributed by atoms with Crippen LogP contribution in [0.1, 0.15) is 67.7 Å². The van der Waals surface area contributed by atoms with Gasteiger partial charge >= 0.3 is 7.32 Å². The van der Waals surface area contributed by atoms with Gasteiger partial charge in [0.15, 0.2) is 0 Å². The van der Waals surface area contributed by atoms with Crippen LogP contribution in [-0.4, -0.2) is 17.4 Å². The average molecular weight is 416 g/mol. The van der Waals surface area contributed by atoms with Gasteiger partial charge < -0.3 is 14.7 Å². The van der Waals surface area contributed by atoms with Crippen molar-refractivity contribution in [2.45, 2.75) is 57.5 Å². The molecule has 0 fully saturated rings. The molecule has 0 radical (unpaired) electrons. The van der Waals surface area contributed by atoms with Gasteiger partial charge in [0, 0.05) is 0 Å². The molecule has 0 heterocycles. The summed E-state index contributed by atoms with van der Waals surface area (Å²) in [4.78, 5) is 0. The van der Waals surface area contributed by atoms with Crippen LogP contribution in [0.3, 0.4) is 0 Å². The van der Waals surface area contributed by atoms with Crippen molar-refractivity contribution < 1.29 is 14.7 Å². The standard InChI is InChI=1S/C27H33BO3/c1-2-3-4-5-6-9-14-23-19-21-26(22-20-23)27(31-28(29)30,24-15-10-7-11-16-24)25-17-12-8-13-18-25/h7-8,10-13,15-22,29-30H,2-6,9,14H2,1H3. The molecule has 0 spiro atoms. The molecule has 3 rings (SSSR count). The van der Waals surface area contributed by atoms with Crippen molar-refractivity contribution >= 4 is 7.32 Å². The van der Waals surface area contributed by atoms with Gasteiger partial charge in [0.2, 0.25) is 0 Å². The Hall–Kier alpha value is -2.40. The lowest BCUT2D eigenvalue weighted by Gasteiger charge is -2.36. The molecule has 162 valence electrons. The van der Waals surface area contributed by atoms with Gasteiger partial charge in [0.05, 0.1) is 0 Å². The third-order valence-electron chi connectivity index (χ3n) is 5.82. The molecule has 0 aliphatic rings. The number of hydrogen-bond donors (Lipinski definition) is 2. The highest BCUT2D eigenvalue weighted by Gasteiger charge is 2.40. The van der Waals surface area contributed by atoms with Crippen LogP contribution in [0.25, 0.3) is 0 Å². The molecule has 4 heteroatoms. The van der Waals surface area contributed by atoms with Gasteiger partial charge in [0.25, 0.3) is 0 Å². The van der Waals surface area contributed by atoms with Crippen molar-refractivity contribution in [1.82, 2.24) is 0 Å². The summed E-state index contributed by atoms with van der Waals surface area (Å²) < 4.78 is 5.88. The average Bonchev–Trinajstić information content (AvgIpc) is 2.81. The Morgan fingerprint density at radius 2 is 1.13 bits per heavy atom. The lowest BCUT2D eigenvalue weighted by atomic mass is 9.78. The van der Waals surface area contributed by atoms with Crippen LogP contribution < -0.4 is 0 Å². The zero-order valence-corrected chi connectivity index (χ0v) is 18.4. The van der Waals surface area contributed by atoms with Crippen molar-refractivity contribution in [3.63, 3.8) is 0 Å². The first-order valence-electron chi connectivity index (χ1n) is 11.4. The van der Waals surface area contributed by atoms with Crippen molar-refractivity contribution in [2.24, 2.45) is 0 Å². The molecule has 0 unspecified atom stereocenters. The SMILES string of the molecule is CCCCCCCCc1ccc(C(OB(O)O)(c2ccccc2)c2ccccc2)cc1. The lowest BCUT2D eigenvalue weighted by molar-refractivity contribution is 0.0815. The predicted molar refractivity (Wildman–Crippen MR) is 128 cm³/mol. The van der Waals surface area contributed by atoms with E-state index in [4.69, 9.17) is 4.65 Å². The Morgan fingerprint density at radius 3 is 1.65 bits per heavy atom. The minimum absolute atomic E-state index is 0.845. The van der Waals surface area contributed by atoms with Gasteiger partial charge in [-0.3, -0.25) is 0 Å². The molecule has 3 aromatic carbocycles. The third kappa shape index (κ3) is 6.07. The predicted octanol–water partition coefficient (Wildman–Crippen LogP) is 5.87. The molecule has 3 aromatic rings. The van der Waals surface area contributed by atoms with Crippen LogP contribution in [0, 0.1) is 0 Å². The molecule has 3 nitrogen and oxygen atoms in total. The van der Waals surface area contributed by atoms with Crippen LogP contribution >= 0.6 is 0 Å². The Balaban J connectivity index is 1.89. The molecule has 0 aliphatic carbocycles. The van der Waals surface area contributed by atoms with Gasteiger partial charge in [-0.15, -0.1) is 0 Å². The summed E-state index contributed by atoms with van der Waals surface area (Å²) >= 11 is 0. The molecule has 0 aliphatic heterocycles. The smallest absolute Gasteiger partial charge is 0.402 e. The van der Waals surface area contributed by atoms with E-state index in [2.05, 4.69) is 31.2 Å². The van der Waals surface area contributed by atoms with E-state index >= 15 is 0 Å². The van der Waals surface area contributed by atoms with E-state index in [1.165, 1.54) is 44.1 Å². The first-order valence-corrected chi connectivity index (χ1v) is 11.4. The van der Waals surface area contributed by atoms with E-state index in [-0.39, 0.29) is 0 Å². The van der Waals surface area contributed by atoms with Crippen LogP contribution in [-0.2, 0) is 16.7 Å². The third-order valence-corrected chi connectivity index (χ3v) is 5.82. The van der Waals surface area contributed by atoms with Crippen molar-refractivity contribution in [3.8, 4) is 0 Å². The molecule has 2 N–H and O–H groups in total. The van der Waals surface area contributed by atoms with Crippen molar-refractivity contribution in [2.75, 3.05) is 0 Å². The first kappa shape index (κ1) is 23.3. The fourth-order valence-electron chi connectivity index (χ4n) is 4.22. The number of unbranched alkanes of at least 4 members (excludes halogenated alkanes) is 5. The molecule has 0 bridgehead atoms. The Labute approximate surface area is 186 Å². The Kier molecular flexibility index (Phi) is 8.90. The largest absolute Gasteiger partial charge is 0.635 e. The summed E-state index contributed by atoms with van der Waals surface area (Å²) in [5.41, 5.74) is 2.73. The van der Waals surface area contributed by atoms with Crippen LogP contribution in [0.4, 0.5) is 0 Å². The fourth-order valence-corrected chi connectivity index (χ4v) is 4.22. The summed E-state index contributed by atoms with van der Waals surface area (Å²) in [6, 6.07) is 27.8. The molecular formula is C27H33BO3. The molecule has 31 heavy (non-hydrogen) atoms. The zero-order valence-electron chi connectivity index (χ0n) is 18.4. The molecule has 0 amide bonds. The highest BCUT2D eigenvalue weighted by Crippen LogP contribution is 2.40. The van der Waals surface area contributed by atoms with Gasteiger partial charge in [0.1, 0.15) is 5.60 Å². The molecular weight excluding hydrogens is 383 g/mol. The molecule has 0 saturated heterocycles. The van der Waals surface area contributed by atoms with Crippen LogP contribution in [0.15, 0.2) is 84.9 Å². The van der Waals surface area contributed by atoms with Gasteiger partial charge in [-0.25, -0.2) is 0 Å². The maximum absolute atomic E-state index is 9.86. The highest BCUT2D eigenvalue weighted by molar-refractivity contribution is 6.33. The van der Waals surface area contributed by atoms with Gasteiger partial charge in [-0.2, -0.15) is 0 Å². The maximum atomic E-state index is 9.86. The second-order valence-electron chi connectivity index (χ2n) is 8.07. The van der Waals surface area contributed by atoms with Crippen LogP contribution in [0.5, 0.6) is 0 Å². The van der Waals surface area contributed by atoms with Crippen LogP contribution in [0.2, 0.25) is 0 Å². The topological polar surface area (TPSA) is 49.7 Å². The summed E-state index contributed by atoms with van der Waals surface area (Å²) in [5.74, 6) is 0. The minimum Gasteiger partial charge on any atom is -0.402 e. The zero-order chi connectivity index (χ0) is 21.9. The Morgan fingerprint density at radius 1 is 0.645 bits per heavy atom. The monoisotopic (exact) mass is 416 g/mol. The van der Waals surface area contributed by atoms with Gasteiger partial charge in [-0.1, -0.05) is 124 Å². The Bertz CT molecular complexity index is 840. The highest BCUT2D eigenvalue weighted by atomic mass is 16.6. The normalized spacial score (nSPS) is 11.5. The number of benzene rings is 3. The summed E-state index contributed by atoms with van der Waals surface area (Å²) in [6.45, 7) is 2.24. The fraction of sp³-hybridized carbons (Fsp3) is 0.333. The quantitative estimate of drug-likeness (QED) is 0.221. The summed E-state index contributed by atoms with van der Waals surface area (Å²) in [7, 11) is -1.91. The second kappa shape index (κ2) is 11.9. The minimum atomic E-state index is -1.91. The van der Waals surface area contributed by atoms with E-state index in [1.54, 1.807) is 0 Å². The van der Waals surface area contributed by atoms with Crippen molar-refractivity contribution in [1.29, 1.82) is 0 Å². The number of hydrogen-bond acceptors (Lipinski definition) is 3. The number of aryl methyl sites for hydroxylation is 1. The van der Waals surface area contributed by atoms with E-state index in [0.29, 0.717) is 0 Å². The van der Waals surface area contributed by atoms with E-state index in [1.807, 2.05) is 60.7 Å².